The normalized spacial score (nSPS) is 38.5. The van der Waals surface area contributed by atoms with Gasteiger partial charge in [-0.2, -0.15) is 0 Å². The first-order valence-corrected chi connectivity index (χ1v) is 7.70. The van der Waals surface area contributed by atoms with Crippen LogP contribution in [-0.4, -0.2) is 29.6 Å². The van der Waals surface area contributed by atoms with Gasteiger partial charge >= 0.3 is 0 Å². The molecule has 3 fully saturated rings. The lowest BCUT2D eigenvalue weighted by atomic mass is 9.77. The van der Waals surface area contributed by atoms with E-state index in [-0.39, 0.29) is 5.54 Å². The van der Waals surface area contributed by atoms with Crippen molar-refractivity contribution in [3.8, 4) is 0 Å². The minimum Gasteiger partial charge on any atom is -0.324 e. The van der Waals surface area contributed by atoms with Crippen LogP contribution in [0.3, 0.4) is 0 Å². The number of piperidine rings is 1. The molecule has 1 unspecified atom stereocenters. The van der Waals surface area contributed by atoms with Gasteiger partial charge in [0.2, 0.25) is 0 Å². The van der Waals surface area contributed by atoms with E-state index >= 15 is 0 Å². The average molecular weight is 236 g/mol. The Kier molecular flexibility index (Phi) is 3.20. The van der Waals surface area contributed by atoms with Gasteiger partial charge < -0.3 is 5.73 Å². The molecular weight excluding hydrogens is 208 g/mol. The maximum Gasteiger partial charge on any atom is 0.0283 e. The van der Waals surface area contributed by atoms with Crippen molar-refractivity contribution in [2.45, 2.75) is 69.9 Å². The van der Waals surface area contributed by atoms with Crippen LogP contribution in [0.1, 0.15) is 58.3 Å². The Morgan fingerprint density at radius 3 is 2.53 bits per heavy atom. The molecule has 2 saturated carbocycles. The zero-order valence-corrected chi connectivity index (χ0v) is 11.3. The van der Waals surface area contributed by atoms with Gasteiger partial charge in [0.1, 0.15) is 0 Å². The van der Waals surface area contributed by atoms with E-state index in [9.17, 15) is 0 Å². The lowest BCUT2D eigenvalue weighted by molar-refractivity contribution is 0.0415. The number of fused-ring (bicyclic) bond motifs is 1. The van der Waals surface area contributed by atoms with Gasteiger partial charge in [0, 0.05) is 18.1 Å². The number of likely N-dealkylation sites (tertiary alicyclic amines) is 1. The van der Waals surface area contributed by atoms with Crippen molar-refractivity contribution in [3.05, 3.63) is 0 Å². The highest BCUT2D eigenvalue weighted by Gasteiger charge is 2.42. The van der Waals surface area contributed by atoms with E-state index in [1.165, 1.54) is 57.9 Å². The summed E-state index contributed by atoms with van der Waals surface area (Å²) in [6, 6.07) is 0.874. The number of nitrogens with zero attached hydrogens (tertiary/aromatic N) is 1. The van der Waals surface area contributed by atoms with Gasteiger partial charge in [-0.1, -0.05) is 12.8 Å². The minimum atomic E-state index is 0.0827. The van der Waals surface area contributed by atoms with Gasteiger partial charge in [-0.3, -0.25) is 4.90 Å². The minimum absolute atomic E-state index is 0.0827. The van der Waals surface area contributed by atoms with Crippen molar-refractivity contribution >= 4 is 0 Å². The summed E-state index contributed by atoms with van der Waals surface area (Å²) in [6.07, 6.45) is 11.5. The van der Waals surface area contributed by atoms with Crippen LogP contribution in [-0.2, 0) is 0 Å². The SMILES string of the molecule is CC(N)(CN1CCC[C@H]2CCCC[C@H]21)C1CC1. The molecule has 1 saturated heterocycles. The van der Waals surface area contributed by atoms with E-state index in [0.29, 0.717) is 0 Å². The molecule has 0 aromatic carbocycles. The summed E-state index contributed by atoms with van der Waals surface area (Å²) in [5, 5.41) is 0. The van der Waals surface area contributed by atoms with E-state index in [1.807, 2.05) is 0 Å². The molecule has 1 heterocycles. The highest BCUT2D eigenvalue weighted by Crippen LogP contribution is 2.41. The summed E-state index contributed by atoms with van der Waals surface area (Å²) in [6.45, 7) is 4.75. The maximum absolute atomic E-state index is 6.53. The van der Waals surface area contributed by atoms with E-state index in [0.717, 1.165) is 24.4 Å². The average Bonchev–Trinajstić information content (AvgIpc) is 3.13. The second-order valence-electron chi connectivity index (χ2n) is 7.00. The van der Waals surface area contributed by atoms with E-state index in [1.54, 1.807) is 0 Å². The monoisotopic (exact) mass is 236 g/mol. The van der Waals surface area contributed by atoms with Crippen LogP contribution >= 0.6 is 0 Å². The fourth-order valence-corrected chi connectivity index (χ4v) is 4.23. The highest BCUT2D eigenvalue weighted by atomic mass is 15.2. The predicted molar refractivity (Wildman–Crippen MR) is 71.9 cm³/mol. The number of hydrogen-bond donors (Lipinski definition) is 1. The van der Waals surface area contributed by atoms with Crippen molar-refractivity contribution in [1.29, 1.82) is 0 Å². The molecule has 17 heavy (non-hydrogen) atoms. The van der Waals surface area contributed by atoms with Crippen molar-refractivity contribution in [1.82, 2.24) is 4.90 Å². The molecule has 2 nitrogen and oxygen atoms in total. The number of rotatable bonds is 3. The second-order valence-corrected chi connectivity index (χ2v) is 7.00. The van der Waals surface area contributed by atoms with Crippen LogP contribution in [0.25, 0.3) is 0 Å². The first kappa shape index (κ1) is 12.0. The molecule has 0 aromatic heterocycles. The van der Waals surface area contributed by atoms with Gasteiger partial charge in [-0.05, 0) is 63.8 Å². The maximum atomic E-state index is 6.53. The third-order valence-electron chi connectivity index (χ3n) is 5.41. The van der Waals surface area contributed by atoms with Gasteiger partial charge in [-0.15, -0.1) is 0 Å². The highest BCUT2D eigenvalue weighted by molar-refractivity contribution is 4.99. The first-order chi connectivity index (χ1) is 8.17. The Labute approximate surface area is 106 Å². The molecule has 2 heteroatoms. The van der Waals surface area contributed by atoms with Crippen LogP contribution in [0.4, 0.5) is 0 Å². The summed E-state index contributed by atoms with van der Waals surface area (Å²) >= 11 is 0. The van der Waals surface area contributed by atoms with Crippen LogP contribution in [0.5, 0.6) is 0 Å². The molecule has 0 amide bonds. The van der Waals surface area contributed by atoms with Gasteiger partial charge in [-0.25, -0.2) is 0 Å². The number of nitrogens with two attached hydrogens (primary N) is 1. The van der Waals surface area contributed by atoms with E-state index in [2.05, 4.69) is 11.8 Å². The Hall–Kier alpha value is -0.0800. The van der Waals surface area contributed by atoms with Gasteiger partial charge in [0.05, 0.1) is 0 Å². The molecule has 98 valence electrons. The fraction of sp³-hybridized carbons (Fsp3) is 1.00. The Bertz CT molecular complexity index is 268. The van der Waals surface area contributed by atoms with Gasteiger partial charge in [0.15, 0.2) is 0 Å². The quantitative estimate of drug-likeness (QED) is 0.816. The van der Waals surface area contributed by atoms with Crippen LogP contribution in [0.2, 0.25) is 0 Å². The van der Waals surface area contributed by atoms with E-state index in [4.69, 9.17) is 5.73 Å². The molecule has 3 aliphatic rings. The standard InChI is InChI=1S/C15H28N2/c1-15(16,13-8-9-13)11-17-10-4-6-12-5-2-3-7-14(12)17/h12-14H,2-11,16H2,1H3/t12-,14-,15?/m1/s1. The first-order valence-electron chi connectivity index (χ1n) is 7.70. The molecule has 2 aliphatic carbocycles. The smallest absolute Gasteiger partial charge is 0.0283 e. The van der Waals surface area contributed by atoms with Crippen LogP contribution in [0, 0.1) is 11.8 Å². The zero-order valence-electron chi connectivity index (χ0n) is 11.3. The Morgan fingerprint density at radius 1 is 1.06 bits per heavy atom. The lowest BCUT2D eigenvalue weighted by Gasteiger charge is -2.47. The van der Waals surface area contributed by atoms with Crippen LogP contribution in [0.15, 0.2) is 0 Å². The molecule has 0 aromatic rings. The van der Waals surface area contributed by atoms with Crippen molar-refractivity contribution in [3.63, 3.8) is 0 Å². The van der Waals surface area contributed by atoms with Gasteiger partial charge in [0.25, 0.3) is 0 Å². The molecule has 3 atom stereocenters. The summed E-state index contributed by atoms with van der Waals surface area (Å²) in [7, 11) is 0. The molecule has 0 bridgehead atoms. The van der Waals surface area contributed by atoms with Crippen molar-refractivity contribution < 1.29 is 0 Å². The van der Waals surface area contributed by atoms with Crippen molar-refractivity contribution in [2.24, 2.45) is 17.6 Å². The fourth-order valence-electron chi connectivity index (χ4n) is 4.23. The molecule has 2 N–H and O–H groups in total. The summed E-state index contributed by atoms with van der Waals surface area (Å²) < 4.78 is 0. The summed E-state index contributed by atoms with van der Waals surface area (Å²) in [5.41, 5.74) is 6.62. The van der Waals surface area contributed by atoms with Crippen LogP contribution < -0.4 is 5.73 Å². The Balaban J connectivity index is 1.64. The van der Waals surface area contributed by atoms with Crippen molar-refractivity contribution in [2.75, 3.05) is 13.1 Å². The zero-order chi connectivity index (χ0) is 11.9. The summed E-state index contributed by atoms with van der Waals surface area (Å²) in [5.74, 6) is 1.80. The molecule has 0 spiro atoms. The molecule has 1 aliphatic heterocycles. The second kappa shape index (κ2) is 4.55. The lowest BCUT2D eigenvalue weighted by Crippen LogP contribution is -2.56. The van der Waals surface area contributed by atoms with E-state index < -0.39 is 0 Å². The molecule has 0 radical (unpaired) electrons. The summed E-state index contributed by atoms with van der Waals surface area (Å²) in [4.78, 5) is 2.76. The molecular formula is C15H28N2. The largest absolute Gasteiger partial charge is 0.324 e. The molecule has 3 rings (SSSR count). The predicted octanol–water partition coefficient (Wildman–Crippen LogP) is 2.77. The third kappa shape index (κ3) is 2.53. The third-order valence-corrected chi connectivity index (χ3v) is 5.41. The Morgan fingerprint density at radius 2 is 1.76 bits per heavy atom. The number of hydrogen-bond acceptors (Lipinski definition) is 2. The topological polar surface area (TPSA) is 29.3 Å².